The molecule has 2 saturated heterocycles. The van der Waals surface area contributed by atoms with Crippen molar-refractivity contribution >= 4 is 50.5 Å². The van der Waals surface area contributed by atoms with Crippen LogP contribution in [-0.2, 0) is 19.4 Å². The molecule has 0 aromatic heterocycles. The van der Waals surface area contributed by atoms with E-state index in [0.29, 0.717) is 80.6 Å². The number of carbonyl (C=O) groups is 2. The van der Waals surface area contributed by atoms with E-state index in [9.17, 15) is 22.4 Å². The summed E-state index contributed by atoms with van der Waals surface area (Å²) >= 11 is 12.4. The fourth-order valence-corrected chi connectivity index (χ4v) is 7.42. The molecule has 0 atom stereocenters. The van der Waals surface area contributed by atoms with Gasteiger partial charge in [-0.15, -0.1) is 0 Å². The quantitative estimate of drug-likeness (QED) is 0.398. The lowest BCUT2D eigenvalue weighted by Gasteiger charge is -2.35. The van der Waals surface area contributed by atoms with Gasteiger partial charge >= 0.3 is 0 Å². The van der Waals surface area contributed by atoms with Crippen LogP contribution in [0.4, 0.5) is 10.1 Å². The van der Waals surface area contributed by atoms with Crippen molar-refractivity contribution in [3.63, 3.8) is 0 Å². The van der Waals surface area contributed by atoms with Crippen molar-refractivity contribution < 1.29 is 22.4 Å². The number of amides is 2. The third-order valence-corrected chi connectivity index (χ3v) is 10.8. The predicted octanol–water partition coefficient (Wildman–Crippen LogP) is 5.05. The molecule has 0 radical (unpaired) electrons. The summed E-state index contributed by atoms with van der Waals surface area (Å²) < 4.78 is 39.2. The topological polar surface area (TPSA) is 78.0 Å². The SMILES string of the molecule is CC(=O)N1CCC(C(=O)N(CCCN2CCC(S(=O)(=O)c3ccc(F)cc3)CC2)c2ccc(Cl)c(Cl)c2)CC1. The Balaban J connectivity index is 1.35. The van der Waals surface area contributed by atoms with Crippen LogP contribution in [0.2, 0.25) is 10.0 Å². The Morgan fingerprint density at radius 2 is 1.59 bits per heavy atom. The van der Waals surface area contributed by atoms with Gasteiger partial charge in [-0.2, -0.15) is 0 Å². The van der Waals surface area contributed by atoms with Crippen LogP contribution in [0, 0.1) is 11.7 Å². The first-order valence-electron chi connectivity index (χ1n) is 13.3. The number of hydrogen-bond donors (Lipinski definition) is 0. The Kier molecular flexibility index (Phi) is 9.91. The summed E-state index contributed by atoms with van der Waals surface area (Å²) in [6, 6.07) is 10.2. The molecule has 11 heteroatoms. The van der Waals surface area contributed by atoms with Gasteiger partial charge in [0, 0.05) is 38.2 Å². The number of anilines is 1. The second kappa shape index (κ2) is 13.0. The van der Waals surface area contributed by atoms with Crippen molar-refractivity contribution in [3.05, 3.63) is 58.3 Å². The second-order valence-electron chi connectivity index (χ2n) is 10.3. The molecule has 0 spiro atoms. The summed E-state index contributed by atoms with van der Waals surface area (Å²) in [6.45, 7) is 5.15. The minimum absolute atomic E-state index is 0.0145. The van der Waals surface area contributed by atoms with Gasteiger partial charge < -0.3 is 14.7 Å². The number of piperidine rings is 2. The fraction of sp³-hybridized carbons (Fsp3) is 0.500. The number of nitrogens with zero attached hydrogens (tertiary/aromatic N) is 3. The van der Waals surface area contributed by atoms with Gasteiger partial charge in [-0.1, -0.05) is 23.2 Å². The summed E-state index contributed by atoms with van der Waals surface area (Å²) in [5.41, 5.74) is 0.687. The average Bonchev–Trinajstić information content (AvgIpc) is 2.93. The van der Waals surface area contributed by atoms with Crippen molar-refractivity contribution in [2.24, 2.45) is 5.92 Å². The van der Waals surface area contributed by atoms with Crippen molar-refractivity contribution in [3.8, 4) is 0 Å². The number of sulfone groups is 1. The van der Waals surface area contributed by atoms with Crippen molar-refractivity contribution in [2.45, 2.75) is 49.2 Å². The standard InChI is InChI=1S/C28H34Cl2FN3O4S/c1-20(35)33-17-9-21(10-18-33)28(36)34(23-5-8-26(29)27(30)19-23)14-2-13-32-15-11-25(12-16-32)39(37,38)24-6-3-22(31)4-7-24/h3-8,19,21,25H,2,9-18H2,1H3. The van der Waals surface area contributed by atoms with Gasteiger partial charge in [-0.3, -0.25) is 9.59 Å². The van der Waals surface area contributed by atoms with E-state index in [1.807, 2.05) is 0 Å². The van der Waals surface area contributed by atoms with Crippen LogP contribution in [0.25, 0.3) is 0 Å². The number of benzene rings is 2. The van der Waals surface area contributed by atoms with Crippen molar-refractivity contribution in [1.29, 1.82) is 0 Å². The lowest BCUT2D eigenvalue weighted by Crippen LogP contribution is -2.45. The fourth-order valence-electron chi connectivity index (χ4n) is 5.39. The highest BCUT2D eigenvalue weighted by Gasteiger charge is 2.32. The molecule has 39 heavy (non-hydrogen) atoms. The summed E-state index contributed by atoms with van der Waals surface area (Å²) in [4.78, 5) is 31.2. The zero-order valence-electron chi connectivity index (χ0n) is 22.0. The monoisotopic (exact) mass is 597 g/mol. The first-order chi connectivity index (χ1) is 18.6. The number of rotatable bonds is 8. The number of carbonyl (C=O) groups excluding carboxylic acids is 2. The van der Waals surface area contributed by atoms with Crippen LogP contribution in [0.5, 0.6) is 0 Å². The molecule has 2 aromatic rings. The van der Waals surface area contributed by atoms with Crippen LogP contribution in [0.3, 0.4) is 0 Å². The van der Waals surface area contributed by atoms with Gasteiger partial charge in [-0.05, 0) is 94.2 Å². The average molecular weight is 599 g/mol. The minimum Gasteiger partial charge on any atom is -0.343 e. The maximum Gasteiger partial charge on any atom is 0.230 e. The molecule has 2 aliphatic heterocycles. The van der Waals surface area contributed by atoms with Gasteiger partial charge in [0.25, 0.3) is 0 Å². The van der Waals surface area contributed by atoms with Gasteiger partial charge in [0.15, 0.2) is 9.84 Å². The normalized spacial score (nSPS) is 17.8. The lowest BCUT2D eigenvalue weighted by molar-refractivity contribution is -0.133. The summed E-state index contributed by atoms with van der Waals surface area (Å²) in [5.74, 6) is -0.599. The van der Waals surface area contributed by atoms with Crippen LogP contribution in [0.1, 0.15) is 39.0 Å². The highest BCUT2D eigenvalue weighted by molar-refractivity contribution is 7.92. The first-order valence-corrected chi connectivity index (χ1v) is 15.6. The highest BCUT2D eigenvalue weighted by Crippen LogP contribution is 2.30. The highest BCUT2D eigenvalue weighted by atomic mass is 35.5. The Bertz CT molecular complexity index is 1280. The largest absolute Gasteiger partial charge is 0.343 e. The molecule has 0 bridgehead atoms. The molecule has 2 amide bonds. The maximum atomic E-state index is 13.6. The molecule has 0 N–H and O–H groups in total. The van der Waals surface area contributed by atoms with E-state index in [1.165, 1.54) is 24.3 Å². The molecular formula is C28H34Cl2FN3O4S. The third-order valence-electron chi connectivity index (χ3n) is 7.74. The summed E-state index contributed by atoms with van der Waals surface area (Å²) in [7, 11) is -3.51. The summed E-state index contributed by atoms with van der Waals surface area (Å²) in [5, 5.41) is 0.304. The Labute approximate surface area is 239 Å². The molecule has 7 nitrogen and oxygen atoms in total. The molecule has 4 rings (SSSR count). The van der Waals surface area contributed by atoms with E-state index >= 15 is 0 Å². The van der Waals surface area contributed by atoms with Crippen LogP contribution >= 0.6 is 23.2 Å². The van der Waals surface area contributed by atoms with E-state index in [-0.39, 0.29) is 22.6 Å². The van der Waals surface area contributed by atoms with Crippen LogP contribution < -0.4 is 4.90 Å². The van der Waals surface area contributed by atoms with E-state index in [0.717, 1.165) is 6.54 Å². The molecule has 212 valence electrons. The number of likely N-dealkylation sites (tertiary alicyclic amines) is 2. The van der Waals surface area contributed by atoms with Crippen LogP contribution in [-0.4, -0.2) is 74.6 Å². The molecule has 0 saturated carbocycles. The summed E-state index contributed by atoms with van der Waals surface area (Å²) in [6.07, 6.45) is 2.94. The molecule has 2 aromatic carbocycles. The van der Waals surface area contributed by atoms with Gasteiger partial charge in [0.2, 0.25) is 11.8 Å². The van der Waals surface area contributed by atoms with E-state index in [1.54, 1.807) is 34.9 Å². The van der Waals surface area contributed by atoms with Crippen molar-refractivity contribution in [1.82, 2.24) is 9.80 Å². The molecule has 2 heterocycles. The van der Waals surface area contributed by atoms with Crippen molar-refractivity contribution in [2.75, 3.05) is 44.2 Å². The number of halogens is 3. The molecule has 2 fully saturated rings. The van der Waals surface area contributed by atoms with Gasteiger partial charge in [0.05, 0.1) is 20.2 Å². The van der Waals surface area contributed by atoms with Crippen LogP contribution in [0.15, 0.2) is 47.4 Å². The van der Waals surface area contributed by atoms with E-state index in [4.69, 9.17) is 23.2 Å². The number of hydrogen-bond acceptors (Lipinski definition) is 5. The molecule has 0 aliphatic carbocycles. The van der Waals surface area contributed by atoms with Gasteiger partial charge in [-0.25, -0.2) is 12.8 Å². The molecule has 0 unspecified atom stereocenters. The minimum atomic E-state index is -3.51. The maximum absolute atomic E-state index is 13.6. The molecular weight excluding hydrogens is 564 g/mol. The molecule has 2 aliphatic rings. The Hall–Kier alpha value is -2.20. The first kappa shape index (κ1) is 29.8. The Morgan fingerprint density at radius 1 is 0.949 bits per heavy atom. The third kappa shape index (κ3) is 7.31. The van der Waals surface area contributed by atoms with Gasteiger partial charge in [0.1, 0.15) is 5.82 Å². The zero-order valence-corrected chi connectivity index (χ0v) is 24.3. The van der Waals surface area contributed by atoms with E-state index in [2.05, 4.69) is 4.90 Å². The smallest absolute Gasteiger partial charge is 0.230 e. The zero-order chi connectivity index (χ0) is 28.2. The lowest BCUT2D eigenvalue weighted by atomic mass is 9.94. The Morgan fingerprint density at radius 3 is 2.18 bits per heavy atom. The van der Waals surface area contributed by atoms with E-state index < -0.39 is 20.9 Å². The second-order valence-corrected chi connectivity index (χ2v) is 13.3. The predicted molar refractivity (Wildman–Crippen MR) is 151 cm³/mol.